The van der Waals surface area contributed by atoms with Crippen molar-refractivity contribution in [1.29, 1.82) is 0 Å². The lowest BCUT2D eigenvalue weighted by Gasteiger charge is -2.14. The van der Waals surface area contributed by atoms with Gasteiger partial charge in [-0.2, -0.15) is 5.10 Å². The molecule has 4 aromatic rings. The van der Waals surface area contributed by atoms with Crippen LogP contribution in [0.3, 0.4) is 0 Å². The lowest BCUT2D eigenvalue weighted by molar-refractivity contribution is -0.116. The first kappa shape index (κ1) is 18.6. The van der Waals surface area contributed by atoms with E-state index in [1.54, 1.807) is 15.4 Å². The highest BCUT2D eigenvalue weighted by Crippen LogP contribution is 2.33. The fourth-order valence-electron chi connectivity index (χ4n) is 3.67. The smallest absolute Gasteiger partial charge is 0.265 e. The summed E-state index contributed by atoms with van der Waals surface area (Å²) in [7, 11) is 0. The third-order valence-corrected chi connectivity index (χ3v) is 6.31. The minimum Gasteiger partial charge on any atom is -0.326 e. The average molecular weight is 417 g/mol. The number of nitrogens with zero attached hydrogens (tertiary/aromatic N) is 4. The van der Waals surface area contributed by atoms with Crippen molar-refractivity contribution in [2.75, 3.05) is 11.1 Å². The number of benzene rings is 2. The molecule has 0 saturated carbocycles. The van der Waals surface area contributed by atoms with E-state index in [0.717, 1.165) is 16.9 Å². The molecule has 5 rings (SSSR count). The number of anilines is 1. The van der Waals surface area contributed by atoms with Gasteiger partial charge in [0.15, 0.2) is 10.8 Å². The summed E-state index contributed by atoms with van der Waals surface area (Å²) in [6.07, 6.45) is 1.77. The van der Waals surface area contributed by atoms with Gasteiger partial charge in [0.2, 0.25) is 5.91 Å². The topological polar surface area (TPSA) is 81.8 Å². The lowest BCUT2D eigenvalue weighted by Crippen LogP contribution is -2.27. The Morgan fingerprint density at radius 1 is 1.17 bits per heavy atom. The number of carbonyl (C=O) groups excluding carboxylic acids is 1. The number of nitrogens with one attached hydrogen (secondary N) is 1. The van der Waals surface area contributed by atoms with Gasteiger partial charge in [0.1, 0.15) is 5.39 Å². The van der Waals surface area contributed by atoms with Crippen LogP contribution in [-0.4, -0.2) is 31.0 Å². The molecule has 0 spiro atoms. The summed E-state index contributed by atoms with van der Waals surface area (Å²) in [5.41, 5.74) is 3.02. The van der Waals surface area contributed by atoms with Crippen molar-refractivity contribution < 1.29 is 4.79 Å². The molecule has 2 aromatic carbocycles. The monoisotopic (exact) mass is 417 g/mol. The number of carbonyl (C=O) groups is 1. The van der Waals surface area contributed by atoms with E-state index < -0.39 is 0 Å². The van der Waals surface area contributed by atoms with Gasteiger partial charge in [0.05, 0.1) is 17.9 Å². The molecule has 1 unspecified atom stereocenters. The molecule has 30 heavy (non-hydrogen) atoms. The number of rotatable bonds is 4. The van der Waals surface area contributed by atoms with Crippen molar-refractivity contribution in [2.45, 2.75) is 24.5 Å². The number of fused-ring (bicyclic) bond motifs is 2. The van der Waals surface area contributed by atoms with Crippen molar-refractivity contribution in [3.63, 3.8) is 0 Å². The van der Waals surface area contributed by atoms with E-state index in [1.165, 1.54) is 11.8 Å². The van der Waals surface area contributed by atoms with Gasteiger partial charge in [-0.1, -0.05) is 48.2 Å². The van der Waals surface area contributed by atoms with E-state index in [1.807, 2.05) is 61.5 Å². The Morgan fingerprint density at radius 3 is 2.73 bits per heavy atom. The number of hydrogen-bond donors (Lipinski definition) is 1. The number of para-hydroxylation sites is 2. The number of thioether (sulfide) groups is 1. The summed E-state index contributed by atoms with van der Waals surface area (Å²) in [5, 5.41) is 8.40. The third-order valence-electron chi connectivity index (χ3n) is 5.21. The highest BCUT2D eigenvalue weighted by Gasteiger charge is 2.29. The van der Waals surface area contributed by atoms with Crippen molar-refractivity contribution >= 4 is 34.4 Å². The highest BCUT2D eigenvalue weighted by atomic mass is 32.2. The summed E-state index contributed by atoms with van der Waals surface area (Å²) in [6.45, 7) is 1.95. The van der Waals surface area contributed by atoms with E-state index in [2.05, 4.69) is 10.4 Å². The minimum atomic E-state index is -0.238. The first-order chi connectivity index (χ1) is 14.6. The second-order valence-corrected chi connectivity index (χ2v) is 8.22. The molecule has 1 amide bonds. The SMILES string of the molecule is Cc1ccccc1NC(=O)CC1CSc2nc3c(cnn3-c3ccccc3)c(=O)n21. The van der Waals surface area contributed by atoms with Crippen molar-refractivity contribution in [2.24, 2.45) is 0 Å². The van der Waals surface area contributed by atoms with Gasteiger partial charge in [0, 0.05) is 17.9 Å². The molecule has 3 heterocycles. The second-order valence-electron chi connectivity index (χ2n) is 7.23. The van der Waals surface area contributed by atoms with Gasteiger partial charge < -0.3 is 5.32 Å². The van der Waals surface area contributed by atoms with Crippen molar-refractivity contribution in [3.8, 4) is 5.69 Å². The van der Waals surface area contributed by atoms with E-state index >= 15 is 0 Å². The van der Waals surface area contributed by atoms with Crippen LogP contribution < -0.4 is 10.9 Å². The highest BCUT2D eigenvalue weighted by molar-refractivity contribution is 7.99. The molecule has 0 bridgehead atoms. The first-order valence-electron chi connectivity index (χ1n) is 9.66. The molecule has 0 saturated heterocycles. The van der Waals surface area contributed by atoms with Crippen molar-refractivity contribution in [3.05, 3.63) is 76.7 Å². The van der Waals surface area contributed by atoms with Crippen LogP contribution in [0, 0.1) is 6.92 Å². The van der Waals surface area contributed by atoms with E-state index in [4.69, 9.17) is 4.98 Å². The molecule has 0 fully saturated rings. The minimum absolute atomic E-state index is 0.116. The Balaban J connectivity index is 1.46. The van der Waals surface area contributed by atoms with Crippen LogP contribution in [0.4, 0.5) is 5.69 Å². The summed E-state index contributed by atoms with van der Waals surface area (Å²) < 4.78 is 3.32. The number of hydrogen-bond acceptors (Lipinski definition) is 5. The first-order valence-corrected chi connectivity index (χ1v) is 10.6. The maximum atomic E-state index is 13.2. The van der Waals surface area contributed by atoms with Crippen LogP contribution in [-0.2, 0) is 4.79 Å². The molecule has 1 aliphatic rings. The Bertz CT molecular complexity index is 1310. The Kier molecular flexibility index (Phi) is 4.63. The lowest BCUT2D eigenvalue weighted by atomic mass is 10.1. The predicted molar refractivity (Wildman–Crippen MR) is 117 cm³/mol. The maximum absolute atomic E-state index is 13.2. The second kappa shape index (κ2) is 7.46. The van der Waals surface area contributed by atoms with Crippen LogP contribution in [0.5, 0.6) is 0 Å². The fourth-order valence-corrected chi connectivity index (χ4v) is 4.80. The van der Waals surface area contributed by atoms with E-state index in [-0.39, 0.29) is 23.9 Å². The summed E-state index contributed by atoms with van der Waals surface area (Å²) >= 11 is 1.49. The number of amides is 1. The van der Waals surface area contributed by atoms with Gasteiger partial charge in [-0.15, -0.1) is 0 Å². The van der Waals surface area contributed by atoms with Gasteiger partial charge in [-0.3, -0.25) is 14.2 Å². The van der Waals surface area contributed by atoms with Crippen LogP contribution in [0.2, 0.25) is 0 Å². The zero-order valence-corrected chi connectivity index (χ0v) is 17.1. The normalized spacial score (nSPS) is 15.3. The molecule has 7 nitrogen and oxygen atoms in total. The third kappa shape index (κ3) is 3.19. The molecular formula is C22H19N5O2S. The molecular weight excluding hydrogens is 398 g/mol. The molecule has 0 radical (unpaired) electrons. The predicted octanol–water partition coefficient (Wildman–Crippen LogP) is 3.57. The Labute approximate surface area is 176 Å². The summed E-state index contributed by atoms with van der Waals surface area (Å²) in [5.74, 6) is 0.518. The van der Waals surface area contributed by atoms with E-state index in [9.17, 15) is 9.59 Å². The molecule has 150 valence electrons. The average Bonchev–Trinajstić information content (AvgIpc) is 3.35. The molecule has 0 aliphatic carbocycles. The summed E-state index contributed by atoms with van der Waals surface area (Å²) in [6, 6.07) is 17.0. The van der Waals surface area contributed by atoms with Gasteiger partial charge in [-0.25, -0.2) is 9.67 Å². The van der Waals surface area contributed by atoms with Crippen LogP contribution >= 0.6 is 11.8 Å². The standard InChI is InChI=1S/C22H19N5O2S/c1-14-7-5-6-10-18(14)24-19(28)11-16-13-30-22-25-20-17(21(29)26(16)22)12-23-27(20)15-8-3-2-4-9-15/h2-10,12,16H,11,13H2,1H3,(H,24,28). The zero-order valence-electron chi connectivity index (χ0n) is 16.3. The maximum Gasteiger partial charge on any atom is 0.265 e. The van der Waals surface area contributed by atoms with Gasteiger partial charge in [0.25, 0.3) is 5.56 Å². The van der Waals surface area contributed by atoms with E-state index in [0.29, 0.717) is 21.9 Å². The van der Waals surface area contributed by atoms with Crippen molar-refractivity contribution in [1.82, 2.24) is 19.3 Å². The Hall–Kier alpha value is -3.39. The Morgan fingerprint density at radius 2 is 1.93 bits per heavy atom. The van der Waals surface area contributed by atoms with Gasteiger partial charge >= 0.3 is 0 Å². The molecule has 2 aromatic heterocycles. The summed E-state index contributed by atoms with van der Waals surface area (Å²) in [4.78, 5) is 30.5. The largest absolute Gasteiger partial charge is 0.326 e. The fraction of sp³-hybridized carbons (Fsp3) is 0.182. The molecule has 1 N–H and O–H groups in total. The number of aryl methyl sites for hydroxylation is 1. The quantitative estimate of drug-likeness (QED) is 0.514. The van der Waals surface area contributed by atoms with Crippen LogP contribution in [0.15, 0.2) is 70.7 Å². The molecule has 1 aliphatic heterocycles. The van der Waals surface area contributed by atoms with Crippen LogP contribution in [0.1, 0.15) is 18.0 Å². The van der Waals surface area contributed by atoms with Gasteiger partial charge in [-0.05, 0) is 30.7 Å². The molecule has 8 heteroatoms. The zero-order chi connectivity index (χ0) is 20.7. The molecule has 1 atom stereocenters. The van der Waals surface area contributed by atoms with Crippen LogP contribution in [0.25, 0.3) is 16.7 Å². The number of aromatic nitrogens is 4.